The monoisotopic (exact) mass is 340 g/mol. The number of carbonyl (C=O) groups excluding carboxylic acids is 2. The molecule has 0 amide bonds. The van der Waals surface area contributed by atoms with Gasteiger partial charge in [-0.1, -0.05) is 20.8 Å². The molecule has 23 heavy (non-hydrogen) atoms. The summed E-state index contributed by atoms with van der Waals surface area (Å²) in [7, 11) is -1.98. The highest BCUT2D eigenvalue weighted by Gasteiger charge is 2.57. The van der Waals surface area contributed by atoms with Crippen LogP contribution in [0.4, 0.5) is 0 Å². The van der Waals surface area contributed by atoms with Crippen LogP contribution in [0.1, 0.15) is 59.8 Å². The normalized spacial score (nSPS) is 31.3. The van der Waals surface area contributed by atoms with Crippen molar-refractivity contribution in [1.82, 2.24) is 0 Å². The summed E-state index contributed by atoms with van der Waals surface area (Å²) in [6, 6.07) is 0. The van der Waals surface area contributed by atoms with Gasteiger partial charge >= 0.3 is 5.97 Å². The highest BCUT2D eigenvalue weighted by Crippen LogP contribution is 2.53. The third kappa shape index (κ3) is 3.55. The van der Waals surface area contributed by atoms with E-state index in [0.717, 1.165) is 19.3 Å². The van der Waals surface area contributed by atoms with Crippen LogP contribution < -0.4 is 0 Å². The zero-order chi connectivity index (χ0) is 17.5. The van der Waals surface area contributed by atoms with Crippen molar-refractivity contribution in [3.8, 4) is 0 Å². The van der Waals surface area contributed by atoms with Gasteiger partial charge in [0.2, 0.25) is 0 Å². The number of hydrogen-bond acceptors (Lipinski definition) is 4. The van der Waals surface area contributed by atoms with E-state index in [-0.39, 0.29) is 29.3 Å². The zero-order valence-corrected chi connectivity index (χ0v) is 16.5. The minimum atomic E-state index is -1.98. The average molecular weight is 341 g/mol. The van der Waals surface area contributed by atoms with Crippen LogP contribution in [0.2, 0.25) is 18.1 Å². The van der Waals surface area contributed by atoms with Gasteiger partial charge in [0.15, 0.2) is 8.32 Å². The summed E-state index contributed by atoms with van der Waals surface area (Å²) < 4.78 is 11.8. The molecule has 0 heterocycles. The quantitative estimate of drug-likeness (QED) is 0.559. The van der Waals surface area contributed by atoms with E-state index in [0.29, 0.717) is 18.9 Å². The van der Waals surface area contributed by atoms with Gasteiger partial charge in [0.05, 0.1) is 24.5 Å². The number of Topliss-reactive ketones (excluding diaryl/α,β-unsaturated/α-hetero) is 1. The zero-order valence-electron chi connectivity index (χ0n) is 15.5. The number of carbonyl (C=O) groups is 2. The van der Waals surface area contributed by atoms with Gasteiger partial charge in [-0.15, -0.1) is 0 Å². The highest BCUT2D eigenvalue weighted by molar-refractivity contribution is 6.74. The standard InChI is InChI=1S/C18H32O4Si/c1-7-21-16(20)12-18-9-8-13(10-14(18)19)11-15(18)22-23(5,6)17(2,3)4/h13,15H,7-12H2,1-6H3/t13-,15+,18-/m1/s1. The smallest absolute Gasteiger partial charge is 0.306 e. The van der Waals surface area contributed by atoms with Gasteiger partial charge in [0.25, 0.3) is 0 Å². The third-order valence-electron chi connectivity index (χ3n) is 6.20. The number of rotatable bonds is 5. The molecule has 3 rings (SSSR count). The van der Waals surface area contributed by atoms with Crippen LogP contribution in [0.25, 0.3) is 0 Å². The summed E-state index contributed by atoms with van der Waals surface area (Å²) in [6.45, 7) is 13.2. The van der Waals surface area contributed by atoms with Gasteiger partial charge in [0.1, 0.15) is 5.78 Å². The van der Waals surface area contributed by atoms with Crippen LogP contribution >= 0.6 is 0 Å². The maximum absolute atomic E-state index is 12.8. The molecule has 0 aromatic heterocycles. The first-order valence-corrected chi connectivity index (χ1v) is 11.8. The van der Waals surface area contributed by atoms with Gasteiger partial charge in [-0.3, -0.25) is 9.59 Å². The van der Waals surface area contributed by atoms with Crippen LogP contribution in [0, 0.1) is 11.3 Å². The van der Waals surface area contributed by atoms with E-state index >= 15 is 0 Å². The molecule has 0 unspecified atom stereocenters. The molecule has 0 N–H and O–H groups in total. The number of ether oxygens (including phenoxy) is 1. The maximum atomic E-state index is 12.8. The van der Waals surface area contributed by atoms with E-state index in [2.05, 4.69) is 33.9 Å². The van der Waals surface area contributed by atoms with E-state index in [1.54, 1.807) is 6.92 Å². The lowest BCUT2D eigenvalue weighted by Crippen LogP contribution is -2.58. The summed E-state index contributed by atoms with van der Waals surface area (Å²) in [5.74, 6) is 0.392. The second kappa shape index (κ2) is 6.32. The molecule has 0 aromatic carbocycles. The number of esters is 1. The van der Waals surface area contributed by atoms with E-state index in [4.69, 9.17) is 9.16 Å². The first-order chi connectivity index (χ1) is 10.5. The van der Waals surface area contributed by atoms with Crippen LogP contribution in [0.15, 0.2) is 0 Å². The van der Waals surface area contributed by atoms with Gasteiger partial charge in [0, 0.05) is 6.42 Å². The van der Waals surface area contributed by atoms with E-state index in [9.17, 15) is 9.59 Å². The Hall–Kier alpha value is -0.683. The van der Waals surface area contributed by atoms with Crippen LogP contribution in [-0.2, 0) is 18.8 Å². The Kier molecular flexibility index (Phi) is 5.12. The van der Waals surface area contributed by atoms with E-state index < -0.39 is 13.7 Å². The fourth-order valence-corrected chi connectivity index (χ4v) is 5.09. The van der Waals surface area contributed by atoms with Crippen LogP contribution in [-0.4, -0.2) is 32.8 Å². The van der Waals surface area contributed by atoms with Crippen molar-refractivity contribution in [2.75, 3.05) is 6.61 Å². The molecule has 4 nitrogen and oxygen atoms in total. The fraction of sp³-hybridized carbons (Fsp3) is 0.889. The van der Waals surface area contributed by atoms with Crippen molar-refractivity contribution in [2.24, 2.45) is 11.3 Å². The average Bonchev–Trinajstić information content (AvgIpc) is 2.39. The third-order valence-corrected chi connectivity index (χ3v) is 10.7. The number of ketones is 1. The molecule has 3 aliphatic rings. The lowest BCUT2D eigenvalue weighted by Gasteiger charge is -2.53. The molecule has 3 atom stereocenters. The predicted molar refractivity (Wildman–Crippen MR) is 92.7 cm³/mol. The Morgan fingerprint density at radius 1 is 1.35 bits per heavy atom. The molecule has 3 aliphatic carbocycles. The largest absolute Gasteiger partial charge is 0.466 e. The summed E-state index contributed by atoms with van der Waals surface area (Å²) in [6.07, 6.45) is 3.39. The number of hydrogen-bond donors (Lipinski definition) is 0. The SMILES string of the molecule is CCOC(=O)C[C@]12CC[C@H](CC1=O)C[C@@H]2O[Si](C)(C)C(C)(C)C. The molecule has 0 aromatic rings. The van der Waals surface area contributed by atoms with Gasteiger partial charge in [-0.05, 0) is 50.2 Å². The van der Waals surface area contributed by atoms with Crippen molar-refractivity contribution in [2.45, 2.75) is 84.0 Å². The van der Waals surface area contributed by atoms with Crippen molar-refractivity contribution in [1.29, 1.82) is 0 Å². The molecular formula is C18H32O4Si. The highest BCUT2D eigenvalue weighted by atomic mass is 28.4. The minimum absolute atomic E-state index is 0.0951. The van der Waals surface area contributed by atoms with Crippen LogP contribution in [0.5, 0.6) is 0 Å². The van der Waals surface area contributed by atoms with Gasteiger partial charge in [-0.2, -0.15) is 0 Å². The summed E-state index contributed by atoms with van der Waals surface area (Å²) in [5.41, 5.74) is -0.642. The second-order valence-corrected chi connectivity index (χ2v) is 13.5. The molecule has 2 bridgehead atoms. The predicted octanol–water partition coefficient (Wildman–Crippen LogP) is 4.09. The van der Waals surface area contributed by atoms with Gasteiger partial charge < -0.3 is 9.16 Å². The van der Waals surface area contributed by atoms with E-state index in [1.807, 2.05) is 0 Å². The summed E-state index contributed by atoms with van der Waals surface area (Å²) >= 11 is 0. The van der Waals surface area contributed by atoms with Gasteiger partial charge in [-0.25, -0.2) is 0 Å². The first-order valence-electron chi connectivity index (χ1n) is 8.88. The molecule has 3 fully saturated rings. The molecular weight excluding hydrogens is 308 g/mol. The molecule has 0 spiro atoms. The lowest BCUT2D eigenvalue weighted by molar-refractivity contribution is -0.163. The molecule has 132 valence electrons. The Labute approximate surface area is 141 Å². The minimum Gasteiger partial charge on any atom is -0.466 e. The second-order valence-electron chi connectivity index (χ2n) is 8.77. The Morgan fingerprint density at radius 2 is 2.00 bits per heavy atom. The van der Waals surface area contributed by atoms with Crippen molar-refractivity contribution in [3.05, 3.63) is 0 Å². The molecule has 0 aliphatic heterocycles. The fourth-order valence-electron chi connectivity index (χ4n) is 3.70. The topological polar surface area (TPSA) is 52.6 Å². The van der Waals surface area contributed by atoms with Crippen molar-refractivity contribution >= 4 is 20.1 Å². The van der Waals surface area contributed by atoms with Crippen molar-refractivity contribution < 1.29 is 18.8 Å². The first kappa shape index (κ1) is 18.7. The maximum Gasteiger partial charge on any atom is 0.306 e. The Balaban J connectivity index is 2.26. The molecule has 3 saturated carbocycles. The molecule has 0 radical (unpaired) electrons. The van der Waals surface area contributed by atoms with Crippen LogP contribution in [0.3, 0.4) is 0 Å². The summed E-state index contributed by atoms with van der Waals surface area (Å²) in [4.78, 5) is 24.9. The Bertz CT molecular complexity index is 480. The van der Waals surface area contributed by atoms with E-state index in [1.165, 1.54) is 0 Å². The molecule has 5 heteroatoms. The molecule has 0 saturated heterocycles. The Morgan fingerprint density at radius 3 is 2.52 bits per heavy atom. The lowest BCUT2D eigenvalue weighted by atomic mass is 9.57. The van der Waals surface area contributed by atoms with Crippen molar-refractivity contribution in [3.63, 3.8) is 0 Å². The summed E-state index contributed by atoms with van der Waals surface area (Å²) in [5, 5.41) is 0.0951. The number of fused-ring (bicyclic) bond motifs is 3.